The fourth-order valence-corrected chi connectivity index (χ4v) is 6.59. The van der Waals surface area contributed by atoms with Gasteiger partial charge in [-0.3, -0.25) is 10.1 Å². The zero-order valence-corrected chi connectivity index (χ0v) is 23.3. The zero-order chi connectivity index (χ0) is 28.2. The molecule has 1 heterocycles. The van der Waals surface area contributed by atoms with Crippen molar-refractivity contribution in [3.63, 3.8) is 0 Å². The van der Waals surface area contributed by atoms with Gasteiger partial charge in [0, 0.05) is 25.3 Å². The molecule has 1 aliphatic rings. The van der Waals surface area contributed by atoms with Crippen molar-refractivity contribution in [3.8, 4) is 11.5 Å². The van der Waals surface area contributed by atoms with Gasteiger partial charge in [0.1, 0.15) is 9.84 Å². The molecule has 1 unspecified atom stereocenters. The van der Waals surface area contributed by atoms with Gasteiger partial charge in [0.2, 0.25) is 12.7 Å². The molecule has 13 heteroatoms. The lowest BCUT2D eigenvalue weighted by molar-refractivity contribution is -0.124. The Bertz CT molecular complexity index is 1350. The summed E-state index contributed by atoms with van der Waals surface area (Å²) in [6.07, 6.45) is 1.59. The van der Waals surface area contributed by atoms with Crippen molar-refractivity contribution in [2.24, 2.45) is 5.73 Å². The molecule has 2 aromatic rings. The van der Waals surface area contributed by atoms with Gasteiger partial charge in [-0.15, -0.1) is 0 Å². The summed E-state index contributed by atoms with van der Waals surface area (Å²) >= 11 is 0. The standard InChI is InChI=1S/C25H35N3O8S2/c1-4-25(13-18-8-6-5-7-9-18,28-23(29)20(26)14-37(3,31)32)27-15-24(2,30)16-38(33,34)19-10-11-21-22(12-19)36-17-35-21/h5-12,20,27,30H,4,13-17,26H2,1-3H3,(H,28,29)/t20-,24-,25?/m1/s1. The maximum absolute atomic E-state index is 13.1. The molecule has 5 N–H and O–H groups in total. The number of carbonyl (C=O) groups excluding carboxylic acids is 1. The first-order valence-electron chi connectivity index (χ1n) is 12.0. The van der Waals surface area contributed by atoms with Crippen LogP contribution in [0.5, 0.6) is 11.5 Å². The van der Waals surface area contributed by atoms with Crippen LogP contribution in [0.3, 0.4) is 0 Å². The quantitative estimate of drug-likeness (QED) is 0.247. The molecule has 0 saturated heterocycles. The number of nitrogens with one attached hydrogen (secondary N) is 2. The summed E-state index contributed by atoms with van der Waals surface area (Å²) in [7, 11) is -7.43. The number of aliphatic hydroxyl groups is 1. The van der Waals surface area contributed by atoms with E-state index < -0.39 is 54.4 Å². The van der Waals surface area contributed by atoms with Gasteiger partial charge in [-0.05, 0) is 31.0 Å². The number of amides is 1. The molecule has 0 fully saturated rings. The maximum Gasteiger partial charge on any atom is 0.239 e. The number of nitrogens with two attached hydrogens (primary N) is 1. The van der Waals surface area contributed by atoms with E-state index in [0.29, 0.717) is 17.9 Å². The average Bonchev–Trinajstić information content (AvgIpc) is 3.30. The highest BCUT2D eigenvalue weighted by molar-refractivity contribution is 7.91. The van der Waals surface area contributed by atoms with Gasteiger partial charge < -0.3 is 25.6 Å². The number of ether oxygens (including phenoxy) is 2. The fraction of sp³-hybridized carbons (Fsp3) is 0.480. The lowest BCUT2D eigenvalue weighted by atomic mass is 9.95. The van der Waals surface area contributed by atoms with Crippen molar-refractivity contribution in [2.75, 3.05) is 31.1 Å². The Hall–Kier alpha value is -2.71. The molecule has 3 rings (SSSR count). The summed E-state index contributed by atoms with van der Waals surface area (Å²) in [5.74, 6) is -1.08. The number of sulfone groups is 2. The van der Waals surface area contributed by atoms with Crippen molar-refractivity contribution in [3.05, 3.63) is 54.1 Å². The molecule has 38 heavy (non-hydrogen) atoms. The molecule has 1 amide bonds. The van der Waals surface area contributed by atoms with Crippen LogP contribution in [0.15, 0.2) is 53.4 Å². The summed E-state index contributed by atoms with van der Waals surface area (Å²) in [6, 6.07) is 12.2. The Morgan fingerprint density at radius 2 is 1.76 bits per heavy atom. The largest absolute Gasteiger partial charge is 0.454 e. The van der Waals surface area contributed by atoms with Crippen LogP contribution in [0.2, 0.25) is 0 Å². The first-order chi connectivity index (χ1) is 17.6. The third kappa shape index (κ3) is 8.14. The predicted octanol–water partition coefficient (Wildman–Crippen LogP) is 0.367. The first kappa shape index (κ1) is 29.8. The van der Waals surface area contributed by atoms with E-state index in [9.17, 15) is 26.7 Å². The van der Waals surface area contributed by atoms with Gasteiger partial charge in [0.25, 0.3) is 0 Å². The molecule has 210 valence electrons. The van der Waals surface area contributed by atoms with Gasteiger partial charge in [-0.25, -0.2) is 16.8 Å². The van der Waals surface area contributed by atoms with Crippen LogP contribution >= 0.6 is 0 Å². The normalized spacial score (nSPS) is 17.3. The van der Waals surface area contributed by atoms with Crippen molar-refractivity contribution in [1.82, 2.24) is 10.6 Å². The molecular formula is C25H35N3O8S2. The molecule has 2 aromatic carbocycles. The van der Waals surface area contributed by atoms with Crippen molar-refractivity contribution in [1.29, 1.82) is 0 Å². The smallest absolute Gasteiger partial charge is 0.239 e. The topological polar surface area (TPSA) is 174 Å². The van der Waals surface area contributed by atoms with Gasteiger partial charge in [-0.1, -0.05) is 37.3 Å². The third-order valence-electron chi connectivity index (χ3n) is 6.15. The minimum atomic E-state index is -3.93. The second-order valence-electron chi connectivity index (χ2n) is 9.91. The van der Waals surface area contributed by atoms with E-state index in [0.717, 1.165) is 11.8 Å². The highest BCUT2D eigenvalue weighted by Crippen LogP contribution is 2.34. The third-order valence-corrected chi connectivity index (χ3v) is 9.08. The molecular weight excluding hydrogens is 534 g/mol. The molecule has 0 aromatic heterocycles. The lowest BCUT2D eigenvalue weighted by Gasteiger charge is -2.38. The lowest BCUT2D eigenvalue weighted by Crippen LogP contribution is -2.65. The summed E-state index contributed by atoms with van der Waals surface area (Å²) in [5.41, 5.74) is 3.82. The molecule has 11 nitrogen and oxygen atoms in total. The minimum Gasteiger partial charge on any atom is -0.454 e. The Morgan fingerprint density at radius 1 is 1.11 bits per heavy atom. The fourth-order valence-electron chi connectivity index (χ4n) is 4.14. The highest BCUT2D eigenvalue weighted by atomic mass is 32.2. The molecule has 1 aliphatic heterocycles. The van der Waals surface area contributed by atoms with Gasteiger partial charge in [-0.2, -0.15) is 0 Å². The van der Waals surface area contributed by atoms with E-state index in [1.54, 1.807) is 6.92 Å². The van der Waals surface area contributed by atoms with Crippen molar-refractivity contribution >= 4 is 25.6 Å². The number of hydrogen-bond acceptors (Lipinski definition) is 10. The summed E-state index contributed by atoms with van der Waals surface area (Å²) in [6.45, 7) is 2.97. The number of fused-ring (bicyclic) bond motifs is 1. The number of hydrogen-bond donors (Lipinski definition) is 4. The maximum atomic E-state index is 13.1. The van der Waals surface area contributed by atoms with Gasteiger partial charge in [0.05, 0.1) is 33.7 Å². The first-order valence-corrected chi connectivity index (χ1v) is 15.7. The van der Waals surface area contributed by atoms with Crippen LogP contribution in [0.4, 0.5) is 0 Å². The Labute approximate surface area is 223 Å². The second kappa shape index (κ2) is 11.6. The van der Waals surface area contributed by atoms with E-state index in [1.807, 2.05) is 30.3 Å². The Morgan fingerprint density at radius 3 is 2.39 bits per heavy atom. The molecule has 3 atom stereocenters. The van der Waals surface area contributed by atoms with Crippen LogP contribution < -0.4 is 25.8 Å². The predicted molar refractivity (Wildman–Crippen MR) is 142 cm³/mol. The zero-order valence-electron chi connectivity index (χ0n) is 21.6. The molecule has 0 saturated carbocycles. The van der Waals surface area contributed by atoms with Crippen LogP contribution in [-0.2, 0) is 30.9 Å². The van der Waals surface area contributed by atoms with E-state index in [1.165, 1.54) is 25.1 Å². The highest BCUT2D eigenvalue weighted by Gasteiger charge is 2.37. The van der Waals surface area contributed by atoms with E-state index >= 15 is 0 Å². The number of rotatable bonds is 13. The Balaban J connectivity index is 1.79. The molecule has 0 aliphatic carbocycles. The minimum absolute atomic E-state index is 0.000543. The Kier molecular flexibility index (Phi) is 9.09. The van der Waals surface area contributed by atoms with Crippen LogP contribution in [0.25, 0.3) is 0 Å². The summed E-state index contributed by atoms with van der Waals surface area (Å²) in [5, 5.41) is 17.1. The molecule has 0 bridgehead atoms. The van der Waals surface area contributed by atoms with Crippen molar-refractivity contribution in [2.45, 2.75) is 48.9 Å². The SMILES string of the molecule is CCC(Cc1ccccc1)(NC[C@@](C)(O)CS(=O)(=O)c1ccc2c(c1)OCO2)NC(=O)[C@H](N)CS(C)(=O)=O. The molecule has 0 spiro atoms. The monoisotopic (exact) mass is 569 g/mol. The van der Waals surface area contributed by atoms with Gasteiger partial charge >= 0.3 is 0 Å². The van der Waals surface area contributed by atoms with E-state index in [4.69, 9.17) is 15.2 Å². The average molecular weight is 570 g/mol. The number of benzene rings is 2. The summed E-state index contributed by atoms with van der Waals surface area (Å²) < 4.78 is 60.0. The molecule has 0 radical (unpaired) electrons. The van der Waals surface area contributed by atoms with Gasteiger partial charge in [0.15, 0.2) is 21.3 Å². The number of carbonyl (C=O) groups is 1. The van der Waals surface area contributed by atoms with Crippen LogP contribution in [0, 0.1) is 0 Å². The van der Waals surface area contributed by atoms with Crippen LogP contribution in [-0.4, -0.2) is 76.3 Å². The van der Waals surface area contributed by atoms with Crippen LogP contribution in [0.1, 0.15) is 25.8 Å². The summed E-state index contributed by atoms with van der Waals surface area (Å²) in [4.78, 5) is 12.9. The van der Waals surface area contributed by atoms with Crippen molar-refractivity contribution < 1.29 is 36.2 Å². The van der Waals surface area contributed by atoms with E-state index in [-0.39, 0.29) is 24.7 Å². The second-order valence-corrected chi connectivity index (χ2v) is 14.1. The van der Waals surface area contributed by atoms with E-state index in [2.05, 4.69) is 10.6 Å².